The van der Waals surface area contributed by atoms with Crippen LogP contribution in [0.5, 0.6) is 0 Å². The zero-order chi connectivity index (χ0) is 13.5. The zero-order valence-electron chi connectivity index (χ0n) is 10.9. The van der Waals surface area contributed by atoms with Crippen LogP contribution in [0.1, 0.15) is 12.0 Å². The molecule has 0 saturated carbocycles. The summed E-state index contributed by atoms with van der Waals surface area (Å²) in [5.41, 5.74) is 1.08. The minimum absolute atomic E-state index is 0.0841. The average molecular weight is 327 g/mol. The number of hydrogen-bond acceptors (Lipinski definition) is 3. The van der Waals surface area contributed by atoms with Gasteiger partial charge in [-0.15, -0.1) is 0 Å². The predicted molar refractivity (Wildman–Crippen MR) is 77.9 cm³/mol. The van der Waals surface area contributed by atoms with Crippen LogP contribution in [-0.4, -0.2) is 43.6 Å². The van der Waals surface area contributed by atoms with E-state index in [1.807, 2.05) is 29.2 Å². The highest BCUT2D eigenvalue weighted by Gasteiger charge is 2.14. The molecule has 1 saturated heterocycles. The van der Waals surface area contributed by atoms with Crippen LogP contribution >= 0.6 is 15.9 Å². The molecule has 0 atom stereocenters. The molecule has 1 aliphatic rings. The van der Waals surface area contributed by atoms with Gasteiger partial charge < -0.3 is 15.0 Å². The van der Waals surface area contributed by atoms with E-state index in [1.54, 1.807) is 0 Å². The van der Waals surface area contributed by atoms with Gasteiger partial charge in [0.1, 0.15) is 6.61 Å². The van der Waals surface area contributed by atoms with E-state index >= 15 is 0 Å². The molecule has 1 N–H and O–H groups in total. The summed E-state index contributed by atoms with van der Waals surface area (Å²) in [6.45, 7) is 4.11. The molecular formula is C14H19BrN2O2. The smallest absolute Gasteiger partial charge is 0.248 e. The Kier molecular flexibility index (Phi) is 5.82. The molecule has 0 bridgehead atoms. The normalized spacial score (nSPS) is 16.2. The van der Waals surface area contributed by atoms with Gasteiger partial charge in [0.05, 0.1) is 6.61 Å². The Bertz CT molecular complexity index is 400. The second-order valence-electron chi connectivity index (χ2n) is 4.60. The van der Waals surface area contributed by atoms with E-state index in [1.165, 1.54) is 0 Å². The lowest BCUT2D eigenvalue weighted by molar-refractivity contribution is -0.136. The summed E-state index contributed by atoms with van der Waals surface area (Å²) >= 11 is 3.39. The van der Waals surface area contributed by atoms with Gasteiger partial charge in [-0.2, -0.15) is 0 Å². The predicted octanol–water partition coefficient (Wildman–Crippen LogP) is 1.79. The number of rotatable bonds is 4. The van der Waals surface area contributed by atoms with Crippen LogP contribution in [0.3, 0.4) is 0 Å². The van der Waals surface area contributed by atoms with Gasteiger partial charge in [-0.25, -0.2) is 0 Å². The van der Waals surface area contributed by atoms with Gasteiger partial charge in [0.15, 0.2) is 0 Å². The van der Waals surface area contributed by atoms with Crippen LogP contribution in [0, 0.1) is 0 Å². The summed E-state index contributed by atoms with van der Waals surface area (Å²) in [5.74, 6) is 0.0841. The molecule has 19 heavy (non-hydrogen) atoms. The topological polar surface area (TPSA) is 41.6 Å². The number of hydrogen-bond donors (Lipinski definition) is 1. The second kappa shape index (κ2) is 7.62. The first kappa shape index (κ1) is 14.5. The molecule has 0 aromatic heterocycles. The summed E-state index contributed by atoms with van der Waals surface area (Å²) in [5, 5.41) is 3.28. The van der Waals surface area contributed by atoms with E-state index < -0.39 is 0 Å². The van der Waals surface area contributed by atoms with Crippen molar-refractivity contribution in [1.82, 2.24) is 10.2 Å². The minimum atomic E-state index is 0.0841. The fourth-order valence-electron chi connectivity index (χ4n) is 2.02. The summed E-state index contributed by atoms with van der Waals surface area (Å²) in [6.07, 6.45) is 1.01. The van der Waals surface area contributed by atoms with Crippen LogP contribution < -0.4 is 5.32 Å². The van der Waals surface area contributed by atoms with Gasteiger partial charge in [0.25, 0.3) is 0 Å². The molecule has 1 heterocycles. The third-order valence-electron chi connectivity index (χ3n) is 3.10. The SMILES string of the molecule is O=C(COCc1ccc(Br)cc1)N1CCCNCC1. The molecule has 2 rings (SSSR count). The standard InChI is InChI=1S/C14H19BrN2O2/c15-13-4-2-12(3-5-13)10-19-11-14(18)17-8-1-6-16-7-9-17/h2-5,16H,1,6-11H2. The molecule has 0 unspecified atom stereocenters. The highest BCUT2D eigenvalue weighted by molar-refractivity contribution is 9.10. The second-order valence-corrected chi connectivity index (χ2v) is 5.52. The first-order chi connectivity index (χ1) is 9.25. The summed E-state index contributed by atoms with van der Waals surface area (Å²) in [7, 11) is 0. The summed E-state index contributed by atoms with van der Waals surface area (Å²) in [6, 6.07) is 7.93. The lowest BCUT2D eigenvalue weighted by Gasteiger charge is -2.19. The fraction of sp³-hybridized carbons (Fsp3) is 0.500. The molecule has 1 fully saturated rings. The zero-order valence-corrected chi connectivity index (χ0v) is 12.5. The van der Waals surface area contributed by atoms with Crippen molar-refractivity contribution in [2.45, 2.75) is 13.0 Å². The number of carbonyl (C=O) groups excluding carboxylic acids is 1. The van der Waals surface area contributed by atoms with Crippen molar-refractivity contribution in [3.63, 3.8) is 0 Å². The van der Waals surface area contributed by atoms with Crippen molar-refractivity contribution < 1.29 is 9.53 Å². The monoisotopic (exact) mass is 326 g/mol. The Morgan fingerprint density at radius 2 is 2.05 bits per heavy atom. The number of nitrogens with one attached hydrogen (secondary N) is 1. The lowest BCUT2D eigenvalue weighted by Crippen LogP contribution is -2.36. The first-order valence-electron chi connectivity index (χ1n) is 6.56. The fourth-order valence-corrected chi connectivity index (χ4v) is 2.29. The molecule has 1 amide bonds. The maximum absolute atomic E-state index is 12.0. The van der Waals surface area contributed by atoms with Crippen LogP contribution in [0.15, 0.2) is 28.7 Å². The van der Waals surface area contributed by atoms with Gasteiger partial charge >= 0.3 is 0 Å². The van der Waals surface area contributed by atoms with Crippen molar-refractivity contribution in [3.8, 4) is 0 Å². The van der Waals surface area contributed by atoms with Crippen LogP contribution in [0.25, 0.3) is 0 Å². The molecule has 1 aromatic carbocycles. The molecule has 5 heteroatoms. The van der Waals surface area contributed by atoms with Crippen molar-refractivity contribution in [3.05, 3.63) is 34.3 Å². The number of ether oxygens (including phenoxy) is 1. The van der Waals surface area contributed by atoms with Crippen molar-refractivity contribution in [2.24, 2.45) is 0 Å². The van der Waals surface area contributed by atoms with Gasteiger partial charge in [-0.1, -0.05) is 28.1 Å². The van der Waals surface area contributed by atoms with Crippen molar-refractivity contribution >= 4 is 21.8 Å². The van der Waals surface area contributed by atoms with Crippen molar-refractivity contribution in [2.75, 3.05) is 32.8 Å². The van der Waals surface area contributed by atoms with E-state index in [4.69, 9.17) is 4.74 Å². The summed E-state index contributed by atoms with van der Waals surface area (Å²) < 4.78 is 6.53. The van der Waals surface area contributed by atoms with Crippen molar-refractivity contribution in [1.29, 1.82) is 0 Å². The van der Waals surface area contributed by atoms with E-state index in [2.05, 4.69) is 21.2 Å². The Morgan fingerprint density at radius 3 is 2.84 bits per heavy atom. The van der Waals surface area contributed by atoms with Gasteiger partial charge in [-0.05, 0) is 30.7 Å². The highest BCUT2D eigenvalue weighted by atomic mass is 79.9. The Morgan fingerprint density at radius 1 is 1.26 bits per heavy atom. The van der Waals surface area contributed by atoms with Gasteiger partial charge in [0.2, 0.25) is 5.91 Å². The largest absolute Gasteiger partial charge is 0.367 e. The van der Waals surface area contributed by atoms with Crippen LogP contribution in [0.2, 0.25) is 0 Å². The van der Waals surface area contributed by atoms with Gasteiger partial charge in [-0.3, -0.25) is 4.79 Å². The number of benzene rings is 1. The highest BCUT2D eigenvalue weighted by Crippen LogP contribution is 2.11. The maximum Gasteiger partial charge on any atom is 0.248 e. The van der Waals surface area contributed by atoms with Crippen LogP contribution in [-0.2, 0) is 16.1 Å². The molecule has 1 aromatic rings. The number of amides is 1. The van der Waals surface area contributed by atoms with E-state index in [-0.39, 0.29) is 12.5 Å². The van der Waals surface area contributed by atoms with Crippen LogP contribution in [0.4, 0.5) is 0 Å². The minimum Gasteiger partial charge on any atom is -0.367 e. The third kappa shape index (κ3) is 4.93. The Balaban J connectivity index is 1.72. The molecule has 4 nitrogen and oxygen atoms in total. The molecule has 1 aliphatic heterocycles. The van der Waals surface area contributed by atoms with E-state index in [0.29, 0.717) is 6.61 Å². The molecule has 104 valence electrons. The molecule has 0 spiro atoms. The first-order valence-corrected chi connectivity index (χ1v) is 7.36. The van der Waals surface area contributed by atoms with Gasteiger partial charge in [0, 0.05) is 24.1 Å². The lowest BCUT2D eigenvalue weighted by atomic mass is 10.2. The molecule has 0 radical (unpaired) electrons. The average Bonchev–Trinajstić information content (AvgIpc) is 2.70. The number of halogens is 1. The number of carbonyl (C=O) groups is 1. The van der Waals surface area contributed by atoms with E-state index in [9.17, 15) is 4.79 Å². The van der Waals surface area contributed by atoms with E-state index in [0.717, 1.165) is 42.6 Å². The molecular weight excluding hydrogens is 308 g/mol. The molecule has 0 aliphatic carbocycles. The number of nitrogens with zero attached hydrogens (tertiary/aromatic N) is 1. The summed E-state index contributed by atoms with van der Waals surface area (Å²) in [4.78, 5) is 13.8. The quantitative estimate of drug-likeness (QED) is 0.917. The maximum atomic E-state index is 12.0. The Labute approximate surface area is 122 Å². The Hall–Kier alpha value is -0.910. The third-order valence-corrected chi connectivity index (χ3v) is 3.63.